The third-order valence-electron chi connectivity index (χ3n) is 1.78. The second kappa shape index (κ2) is 3.04. The molecule has 0 amide bonds. The zero-order valence-corrected chi connectivity index (χ0v) is 7.42. The topological polar surface area (TPSA) is 36.7 Å². The van der Waals surface area contributed by atoms with Crippen LogP contribution in [-0.2, 0) is 0 Å². The van der Waals surface area contributed by atoms with Gasteiger partial charge in [0.1, 0.15) is 0 Å². The molecule has 2 rings (SSSR count). The number of hydrogen-bond donors (Lipinski definition) is 0. The zero-order chi connectivity index (χ0) is 9.26. The Morgan fingerprint density at radius 2 is 2.15 bits per heavy atom. The summed E-state index contributed by atoms with van der Waals surface area (Å²) in [4.78, 5) is 4.11. The van der Waals surface area contributed by atoms with Crippen molar-refractivity contribution >= 4 is 22.5 Å². The second-order valence-corrected chi connectivity index (χ2v) is 3.11. The lowest BCUT2D eigenvalue weighted by atomic mass is 10.1. The highest BCUT2D eigenvalue weighted by Crippen LogP contribution is 2.17. The van der Waals surface area contributed by atoms with Gasteiger partial charge in [0, 0.05) is 11.6 Å². The number of nitrogens with zero attached hydrogens (tertiary/aromatic N) is 2. The third-order valence-corrected chi connectivity index (χ3v) is 1.98. The van der Waals surface area contributed by atoms with Crippen molar-refractivity contribution in [2.45, 2.75) is 0 Å². The van der Waals surface area contributed by atoms with Gasteiger partial charge in [0.25, 0.3) is 0 Å². The molecule has 0 atom stereocenters. The summed E-state index contributed by atoms with van der Waals surface area (Å²) in [5.41, 5.74) is 1.47. The Hall–Kier alpha value is -1.59. The number of pyridine rings is 1. The number of halogens is 1. The molecule has 0 saturated carbocycles. The van der Waals surface area contributed by atoms with Gasteiger partial charge in [-0.25, -0.2) is 0 Å². The largest absolute Gasteiger partial charge is 0.255 e. The molecule has 62 valence electrons. The van der Waals surface area contributed by atoms with Crippen LogP contribution in [0.5, 0.6) is 0 Å². The highest BCUT2D eigenvalue weighted by molar-refractivity contribution is 6.31. The molecule has 0 radical (unpaired) electrons. The summed E-state index contributed by atoms with van der Waals surface area (Å²) in [5.74, 6) is 0. The molecule has 1 heterocycles. The van der Waals surface area contributed by atoms with Gasteiger partial charge < -0.3 is 0 Å². The minimum Gasteiger partial charge on any atom is -0.255 e. The molecule has 0 bridgehead atoms. The maximum Gasteiger partial charge on any atom is 0.0991 e. The summed E-state index contributed by atoms with van der Waals surface area (Å²) >= 11 is 5.77. The lowest BCUT2D eigenvalue weighted by Gasteiger charge is -1.96. The van der Waals surface area contributed by atoms with E-state index in [1.165, 1.54) is 0 Å². The van der Waals surface area contributed by atoms with Crippen LogP contribution in [-0.4, -0.2) is 4.98 Å². The smallest absolute Gasteiger partial charge is 0.0991 e. The molecule has 2 nitrogen and oxygen atoms in total. The van der Waals surface area contributed by atoms with Crippen LogP contribution in [0.15, 0.2) is 30.5 Å². The Bertz CT molecular complexity index is 500. The molecule has 0 aliphatic heterocycles. The first-order valence-electron chi connectivity index (χ1n) is 3.75. The minimum atomic E-state index is 0.586. The molecule has 1 aromatic heterocycles. The molecule has 0 aliphatic rings. The molecular formula is C10H5ClN2. The molecule has 0 aliphatic carbocycles. The van der Waals surface area contributed by atoms with Crippen molar-refractivity contribution in [2.75, 3.05) is 0 Å². The van der Waals surface area contributed by atoms with E-state index in [9.17, 15) is 0 Å². The molecule has 2 aromatic rings. The quantitative estimate of drug-likeness (QED) is 0.638. The fourth-order valence-electron chi connectivity index (χ4n) is 1.17. The average molecular weight is 189 g/mol. The molecule has 0 spiro atoms. The monoisotopic (exact) mass is 188 g/mol. The molecule has 0 N–H and O–H groups in total. The van der Waals surface area contributed by atoms with Crippen LogP contribution in [0.1, 0.15) is 5.56 Å². The van der Waals surface area contributed by atoms with Crippen LogP contribution in [0.4, 0.5) is 0 Å². The van der Waals surface area contributed by atoms with Crippen molar-refractivity contribution in [1.29, 1.82) is 5.26 Å². The predicted octanol–water partition coefficient (Wildman–Crippen LogP) is 2.76. The normalized spacial score (nSPS) is 9.85. The maximum absolute atomic E-state index is 8.66. The van der Waals surface area contributed by atoms with E-state index in [0.29, 0.717) is 10.6 Å². The summed E-state index contributed by atoms with van der Waals surface area (Å²) in [5, 5.41) is 10.1. The van der Waals surface area contributed by atoms with Gasteiger partial charge in [-0.15, -0.1) is 0 Å². The van der Waals surface area contributed by atoms with E-state index < -0.39 is 0 Å². The van der Waals surface area contributed by atoms with Gasteiger partial charge in [0.15, 0.2) is 0 Å². The number of rotatable bonds is 0. The van der Waals surface area contributed by atoms with Gasteiger partial charge in [-0.05, 0) is 24.3 Å². The molecular weight excluding hydrogens is 184 g/mol. The molecule has 1 aromatic carbocycles. The molecule has 0 saturated heterocycles. The molecule has 0 fully saturated rings. The summed E-state index contributed by atoms with van der Waals surface area (Å²) < 4.78 is 0. The maximum atomic E-state index is 8.66. The van der Waals surface area contributed by atoms with Crippen molar-refractivity contribution in [3.8, 4) is 6.07 Å². The van der Waals surface area contributed by atoms with Gasteiger partial charge in [-0.1, -0.05) is 11.6 Å². The number of benzene rings is 1. The summed E-state index contributed by atoms with van der Waals surface area (Å²) in [6.07, 6.45) is 1.59. The van der Waals surface area contributed by atoms with Crippen LogP contribution >= 0.6 is 11.6 Å². The van der Waals surface area contributed by atoms with Gasteiger partial charge in [0.05, 0.1) is 22.2 Å². The minimum absolute atomic E-state index is 0.586. The van der Waals surface area contributed by atoms with Gasteiger partial charge in [-0.3, -0.25) is 4.98 Å². The fourth-order valence-corrected chi connectivity index (χ4v) is 1.34. The highest BCUT2D eigenvalue weighted by Gasteiger charge is 1.97. The van der Waals surface area contributed by atoms with Crippen LogP contribution in [0.3, 0.4) is 0 Å². The summed E-state index contributed by atoms with van der Waals surface area (Å²) in [7, 11) is 0. The lowest BCUT2D eigenvalue weighted by molar-refractivity contribution is 1.40. The first kappa shape index (κ1) is 8.03. The Morgan fingerprint density at radius 3 is 2.92 bits per heavy atom. The first-order valence-corrected chi connectivity index (χ1v) is 4.13. The van der Waals surface area contributed by atoms with Crippen molar-refractivity contribution < 1.29 is 0 Å². The van der Waals surface area contributed by atoms with Crippen LogP contribution < -0.4 is 0 Å². The Kier molecular flexibility index (Phi) is 1.88. The van der Waals surface area contributed by atoms with Crippen LogP contribution in [0, 0.1) is 11.3 Å². The Morgan fingerprint density at radius 1 is 1.31 bits per heavy atom. The first-order chi connectivity index (χ1) is 6.29. The SMILES string of the molecule is N#Cc1ccc2ncc(Cl)cc2c1. The van der Waals surface area contributed by atoms with E-state index in [1.807, 2.05) is 6.07 Å². The average Bonchev–Trinajstić information content (AvgIpc) is 2.16. The third kappa shape index (κ3) is 1.47. The van der Waals surface area contributed by atoms with Crippen molar-refractivity contribution in [3.05, 3.63) is 41.0 Å². The fraction of sp³-hybridized carbons (Fsp3) is 0. The van der Waals surface area contributed by atoms with Gasteiger partial charge in [0.2, 0.25) is 0 Å². The van der Waals surface area contributed by atoms with E-state index in [-0.39, 0.29) is 0 Å². The van der Waals surface area contributed by atoms with Crippen LogP contribution in [0.25, 0.3) is 10.9 Å². The standard InChI is InChI=1S/C10H5ClN2/c11-9-4-8-3-7(5-12)1-2-10(8)13-6-9/h1-4,6H. The lowest BCUT2D eigenvalue weighted by Crippen LogP contribution is -1.80. The van der Waals surface area contributed by atoms with E-state index in [0.717, 1.165) is 10.9 Å². The van der Waals surface area contributed by atoms with E-state index in [4.69, 9.17) is 16.9 Å². The Labute approximate surface area is 80.4 Å². The number of fused-ring (bicyclic) bond motifs is 1. The molecule has 13 heavy (non-hydrogen) atoms. The van der Waals surface area contributed by atoms with Gasteiger partial charge >= 0.3 is 0 Å². The van der Waals surface area contributed by atoms with Crippen molar-refractivity contribution in [3.63, 3.8) is 0 Å². The van der Waals surface area contributed by atoms with E-state index >= 15 is 0 Å². The molecule has 0 unspecified atom stereocenters. The van der Waals surface area contributed by atoms with E-state index in [1.54, 1.807) is 24.4 Å². The highest BCUT2D eigenvalue weighted by atomic mass is 35.5. The summed E-state index contributed by atoms with van der Waals surface area (Å²) in [6, 6.07) is 9.19. The predicted molar refractivity (Wildman–Crippen MR) is 51.5 cm³/mol. The second-order valence-electron chi connectivity index (χ2n) is 2.67. The summed E-state index contributed by atoms with van der Waals surface area (Å²) in [6.45, 7) is 0. The van der Waals surface area contributed by atoms with Gasteiger partial charge in [-0.2, -0.15) is 5.26 Å². The number of nitriles is 1. The molecule has 3 heteroatoms. The van der Waals surface area contributed by atoms with Crippen LogP contribution in [0.2, 0.25) is 5.02 Å². The van der Waals surface area contributed by atoms with Crippen molar-refractivity contribution in [2.24, 2.45) is 0 Å². The van der Waals surface area contributed by atoms with E-state index in [2.05, 4.69) is 11.1 Å². The number of hydrogen-bond acceptors (Lipinski definition) is 2. The van der Waals surface area contributed by atoms with Crippen molar-refractivity contribution in [1.82, 2.24) is 4.98 Å². The zero-order valence-electron chi connectivity index (χ0n) is 6.66. The Balaban J connectivity index is 2.77. The number of aromatic nitrogens is 1.